The zero-order valence-corrected chi connectivity index (χ0v) is 13.6. The maximum absolute atomic E-state index is 12.6. The van der Waals surface area contributed by atoms with Crippen molar-refractivity contribution >= 4 is 17.8 Å². The van der Waals surface area contributed by atoms with E-state index in [0.29, 0.717) is 29.0 Å². The molecule has 0 spiro atoms. The summed E-state index contributed by atoms with van der Waals surface area (Å²) in [5.41, 5.74) is 7.00. The Kier molecular flexibility index (Phi) is 5.40. The Labute approximate surface area is 139 Å². The highest BCUT2D eigenvalue weighted by atomic mass is 16.5. The lowest BCUT2D eigenvalue weighted by Gasteiger charge is -2.31. The lowest BCUT2D eigenvalue weighted by molar-refractivity contribution is -0.139. The van der Waals surface area contributed by atoms with Gasteiger partial charge in [-0.2, -0.15) is 0 Å². The summed E-state index contributed by atoms with van der Waals surface area (Å²) >= 11 is 0. The first kappa shape index (κ1) is 17.7. The monoisotopic (exact) mass is 336 g/mol. The number of hydrogen-bond donors (Lipinski definition) is 2. The number of carboxylic acid groups (broad SMARTS) is 1. The summed E-state index contributed by atoms with van der Waals surface area (Å²) in [6.07, 6.45) is -0.803. The number of benzene rings is 1. The molecule has 1 fully saturated rings. The topological polar surface area (TPSA) is 119 Å². The molecule has 0 aromatic heterocycles. The molecular formula is C16H20N2O6. The van der Waals surface area contributed by atoms with Gasteiger partial charge >= 0.3 is 5.97 Å². The first-order valence-corrected chi connectivity index (χ1v) is 7.45. The van der Waals surface area contributed by atoms with Crippen molar-refractivity contribution in [2.24, 2.45) is 5.73 Å². The Morgan fingerprint density at radius 2 is 1.96 bits per heavy atom. The Bertz CT molecular complexity index is 650. The number of carbonyl (C=O) groups excluding carboxylic acids is 2. The van der Waals surface area contributed by atoms with E-state index in [1.54, 1.807) is 26.0 Å². The second-order valence-electron chi connectivity index (χ2n) is 5.63. The fourth-order valence-corrected chi connectivity index (χ4v) is 2.62. The molecule has 1 heterocycles. The molecule has 8 nitrogen and oxygen atoms in total. The second-order valence-corrected chi connectivity index (χ2v) is 5.63. The molecule has 8 heteroatoms. The van der Waals surface area contributed by atoms with Crippen LogP contribution >= 0.6 is 0 Å². The zero-order valence-electron chi connectivity index (χ0n) is 13.6. The summed E-state index contributed by atoms with van der Waals surface area (Å²) < 4.78 is 10.5. The third-order valence-corrected chi connectivity index (χ3v) is 3.72. The van der Waals surface area contributed by atoms with Crippen LogP contribution in [0.2, 0.25) is 0 Å². The van der Waals surface area contributed by atoms with Gasteiger partial charge in [0.05, 0.1) is 13.2 Å². The van der Waals surface area contributed by atoms with Crippen LogP contribution in [0.1, 0.15) is 21.5 Å². The minimum atomic E-state index is -1.07. The fourth-order valence-electron chi connectivity index (χ4n) is 2.62. The van der Waals surface area contributed by atoms with Crippen molar-refractivity contribution < 1.29 is 29.0 Å². The van der Waals surface area contributed by atoms with Crippen LogP contribution in [-0.4, -0.2) is 60.2 Å². The summed E-state index contributed by atoms with van der Waals surface area (Å²) in [7, 11) is 0. The van der Waals surface area contributed by atoms with Gasteiger partial charge in [-0.3, -0.25) is 9.59 Å². The van der Waals surface area contributed by atoms with Crippen LogP contribution in [0, 0.1) is 13.8 Å². The third-order valence-electron chi connectivity index (χ3n) is 3.72. The molecule has 2 rings (SSSR count). The van der Waals surface area contributed by atoms with E-state index >= 15 is 0 Å². The second kappa shape index (κ2) is 7.31. The summed E-state index contributed by atoms with van der Waals surface area (Å²) in [6.45, 7) is 3.77. The normalized spacial score (nSPS) is 17.4. The third kappa shape index (κ3) is 4.02. The van der Waals surface area contributed by atoms with Crippen LogP contribution in [0.3, 0.4) is 0 Å². The Morgan fingerprint density at radius 1 is 1.33 bits per heavy atom. The first-order valence-electron chi connectivity index (χ1n) is 7.45. The standard InChI is InChI=1S/C16H20N2O6/c1-9-5-11(6-10(2)14(9)24-8-13(19)20)16(22)18-3-4-23-12(7-18)15(17)21/h5-6,12H,3-4,7-8H2,1-2H3,(H2,17,21)(H,19,20). The molecule has 1 unspecified atom stereocenters. The molecule has 0 aliphatic carbocycles. The molecule has 3 N–H and O–H groups in total. The van der Waals surface area contributed by atoms with Gasteiger partial charge in [0.1, 0.15) is 5.75 Å². The molecule has 130 valence electrons. The van der Waals surface area contributed by atoms with E-state index in [9.17, 15) is 14.4 Å². The highest BCUT2D eigenvalue weighted by Gasteiger charge is 2.28. The number of nitrogens with zero attached hydrogens (tertiary/aromatic N) is 1. The van der Waals surface area contributed by atoms with E-state index in [1.807, 2.05) is 0 Å². The summed E-state index contributed by atoms with van der Waals surface area (Å²) in [5, 5.41) is 8.70. The number of primary amides is 1. The molecular weight excluding hydrogens is 316 g/mol. The molecule has 1 aliphatic heterocycles. The van der Waals surface area contributed by atoms with Gasteiger partial charge in [-0.25, -0.2) is 4.79 Å². The van der Waals surface area contributed by atoms with Crippen molar-refractivity contribution in [2.45, 2.75) is 20.0 Å². The smallest absolute Gasteiger partial charge is 0.341 e. The number of carboxylic acids is 1. The minimum absolute atomic E-state index is 0.115. The lowest BCUT2D eigenvalue weighted by Crippen LogP contribution is -2.50. The summed E-state index contributed by atoms with van der Waals surface area (Å²) in [6, 6.07) is 3.28. The Balaban J connectivity index is 2.18. The molecule has 1 atom stereocenters. The molecule has 1 aliphatic rings. The number of carbonyl (C=O) groups is 3. The fraction of sp³-hybridized carbons (Fsp3) is 0.438. The van der Waals surface area contributed by atoms with Crippen molar-refractivity contribution in [3.8, 4) is 5.75 Å². The van der Waals surface area contributed by atoms with Gasteiger partial charge in [0.25, 0.3) is 5.91 Å². The molecule has 2 amide bonds. The molecule has 0 saturated carbocycles. The molecule has 0 radical (unpaired) electrons. The average molecular weight is 336 g/mol. The van der Waals surface area contributed by atoms with Crippen molar-refractivity contribution in [3.05, 3.63) is 28.8 Å². The minimum Gasteiger partial charge on any atom is -0.481 e. The molecule has 1 aromatic rings. The number of aliphatic carboxylic acids is 1. The quantitative estimate of drug-likeness (QED) is 0.787. The van der Waals surface area contributed by atoms with Crippen molar-refractivity contribution in [3.63, 3.8) is 0 Å². The van der Waals surface area contributed by atoms with Gasteiger partial charge in [0, 0.05) is 12.1 Å². The van der Waals surface area contributed by atoms with Gasteiger partial charge in [-0.15, -0.1) is 0 Å². The number of rotatable bonds is 5. The Morgan fingerprint density at radius 3 is 2.50 bits per heavy atom. The summed E-state index contributed by atoms with van der Waals surface area (Å²) in [5.74, 6) is -1.46. The molecule has 0 bridgehead atoms. The number of nitrogens with two attached hydrogens (primary N) is 1. The number of ether oxygens (including phenoxy) is 2. The maximum atomic E-state index is 12.6. The lowest BCUT2D eigenvalue weighted by atomic mass is 10.0. The predicted octanol–water partition coefficient (Wildman–Crippen LogP) is 0.0931. The first-order chi connectivity index (χ1) is 11.3. The van der Waals surface area contributed by atoms with Crippen molar-refractivity contribution in [1.82, 2.24) is 4.90 Å². The molecule has 24 heavy (non-hydrogen) atoms. The number of amides is 2. The van der Waals surface area contributed by atoms with Gasteiger partial charge in [0.2, 0.25) is 5.91 Å². The summed E-state index contributed by atoms with van der Waals surface area (Å²) in [4.78, 5) is 36.0. The van der Waals surface area contributed by atoms with Crippen LogP contribution < -0.4 is 10.5 Å². The maximum Gasteiger partial charge on any atom is 0.341 e. The van der Waals surface area contributed by atoms with Gasteiger partial charge in [-0.05, 0) is 37.1 Å². The van der Waals surface area contributed by atoms with Crippen LogP contribution in [0.5, 0.6) is 5.75 Å². The van der Waals surface area contributed by atoms with Crippen LogP contribution in [0.25, 0.3) is 0 Å². The van der Waals surface area contributed by atoms with Crippen LogP contribution in [0.15, 0.2) is 12.1 Å². The van der Waals surface area contributed by atoms with Gasteiger partial charge in [-0.1, -0.05) is 0 Å². The largest absolute Gasteiger partial charge is 0.481 e. The van der Waals surface area contributed by atoms with Crippen molar-refractivity contribution in [2.75, 3.05) is 26.3 Å². The zero-order chi connectivity index (χ0) is 17.9. The molecule has 1 aromatic carbocycles. The predicted molar refractivity (Wildman–Crippen MR) is 83.9 cm³/mol. The van der Waals surface area contributed by atoms with Crippen molar-refractivity contribution in [1.29, 1.82) is 0 Å². The SMILES string of the molecule is Cc1cc(C(=O)N2CCOC(C(N)=O)C2)cc(C)c1OCC(=O)O. The van der Waals surface area contributed by atoms with E-state index in [2.05, 4.69) is 0 Å². The highest BCUT2D eigenvalue weighted by Crippen LogP contribution is 2.26. The van der Waals surface area contributed by atoms with E-state index < -0.39 is 24.6 Å². The van der Waals surface area contributed by atoms with Crippen LogP contribution in [0.4, 0.5) is 0 Å². The Hall–Kier alpha value is -2.61. The van der Waals surface area contributed by atoms with E-state index in [1.165, 1.54) is 4.90 Å². The number of aryl methyl sites for hydroxylation is 2. The molecule has 1 saturated heterocycles. The van der Waals surface area contributed by atoms with E-state index in [4.69, 9.17) is 20.3 Å². The van der Waals surface area contributed by atoms with Crippen LogP contribution in [-0.2, 0) is 14.3 Å². The van der Waals surface area contributed by atoms with Gasteiger partial charge < -0.3 is 25.2 Å². The van der Waals surface area contributed by atoms with E-state index in [0.717, 1.165) is 0 Å². The number of hydrogen-bond acceptors (Lipinski definition) is 5. The average Bonchev–Trinajstić information content (AvgIpc) is 2.53. The number of morpholine rings is 1. The van der Waals surface area contributed by atoms with E-state index in [-0.39, 0.29) is 19.1 Å². The van der Waals surface area contributed by atoms with Gasteiger partial charge in [0.15, 0.2) is 12.7 Å². The highest BCUT2D eigenvalue weighted by molar-refractivity contribution is 5.95.